The van der Waals surface area contributed by atoms with E-state index < -0.39 is 5.82 Å². The number of aromatic nitrogens is 2. The van der Waals surface area contributed by atoms with Crippen LogP contribution in [0, 0.1) is 5.82 Å². The van der Waals surface area contributed by atoms with Crippen molar-refractivity contribution in [1.29, 1.82) is 0 Å². The molecular weight excluding hydrogens is 401 g/mol. The molecule has 0 saturated heterocycles. The monoisotopic (exact) mass is 419 g/mol. The fraction of sp³-hybridized carbons (Fsp3) is 0.0870. The summed E-state index contributed by atoms with van der Waals surface area (Å²) in [4.78, 5) is 30.0. The molecule has 0 amide bonds. The summed E-state index contributed by atoms with van der Waals surface area (Å²) in [5.74, 6) is -0.681. The zero-order chi connectivity index (χ0) is 21.1. The van der Waals surface area contributed by atoms with Gasteiger partial charge in [0.05, 0.1) is 12.2 Å². The molecule has 7 heteroatoms. The lowest BCUT2D eigenvalue weighted by Crippen LogP contribution is -2.24. The Labute approximate surface area is 176 Å². The van der Waals surface area contributed by atoms with Crippen LogP contribution in [0.1, 0.15) is 21.1 Å². The standard InChI is InChI=1S/C23H18FN3O2S/c1-25-18-11-12-20(15-5-3-2-4-6-15)27(23(18)29)13-21-26-19(14-30-21)22(28)16-7-9-17(24)10-8-16/h2-12,14,25H,13H2,1H3. The Morgan fingerprint density at radius 1 is 1.07 bits per heavy atom. The molecule has 0 unspecified atom stereocenters. The number of hydrogen-bond acceptors (Lipinski definition) is 5. The summed E-state index contributed by atoms with van der Waals surface area (Å²) >= 11 is 1.31. The molecule has 0 spiro atoms. The third kappa shape index (κ3) is 3.92. The first-order valence-electron chi connectivity index (χ1n) is 9.28. The van der Waals surface area contributed by atoms with Crippen LogP contribution in [0.5, 0.6) is 0 Å². The number of carbonyl (C=O) groups excluding carboxylic acids is 1. The minimum absolute atomic E-state index is 0.166. The maximum atomic E-state index is 13.1. The first kappa shape index (κ1) is 19.7. The maximum absolute atomic E-state index is 13.1. The highest BCUT2D eigenvalue weighted by Gasteiger charge is 2.16. The molecule has 30 heavy (non-hydrogen) atoms. The molecule has 4 rings (SSSR count). The van der Waals surface area contributed by atoms with Gasteiger partial charge in [-0.15, -0.1) is 11.3 Å². The summed E-state index contributed by atoms with van der Waals surface area (Å²) < 4.78 is 14.8. The number of halogens is 1. The van der Waals surface area contributed by atoms with Crippen molar-refractivity contribution in [2.24, 2.45) is 0 Å². The number of pyridine rings is 1. The van der Waals surface area contributed by atoms with Crippen molar-refractivity contribution >= 4 is 22.8 Å². The minimum Gasteiger partial charge on any atom is -0.384 e. The van der Waals surface area contributed by atoms with E-state index in [2.05, 4.69) is 10.3 Å². The fourth-order valence-corrected chi connectivity index (χ4v) is 3.92. The van der Waals surface area contributed by atoms with Gasteiger partial charge in [0, 0.05) is 18.0 Å². The largest absolute Gasteiger partial charge is 0.384 e. The number of hydrogen-bond donors (Lipinski definition) is 1. The lowest BCUT2D eigenvalue weighted by Gasteiger charge is -2.14. The topological polar surface area (TPSA) is 64.0 Å². The quantitative estimate of drug-likeness (QED) is 0.470. The highest BCUT2D eigenvalue weighted by Crippen LogP contribution is 2.22. The second-order valence-corrected chi connectivity index (χ2v) is 7.54. The molecule has 0 aliphatic heterocycles. The van der Waals surface area contributed by atoms with Gasteiger partial charge in [-0.25, -0.2) is 9.37 Å². The summed E-state index contributed by atoms with van der Waals surface area (Å²) in [7, 11) is 1.70. The van der Waals surface area contributed by atoms with Gasteiger partial charge in [0.15, 0.2) is 0 Å². The number of thiazole rings is 1. The molecule has 2 aromatic carbocycles. The van der Waals surface area contributed by atoms with E-state index in [1.807, 2.05) is 36.4 Å². The Balaban J connectivity index is 1.69. The van der Waals surface area contributed by atoms with Crippen LogP contribution >= 0.6 is 11.3 Å². The van der Waals surface area contributed by atoms with Gasteiger partial charge in [0.1, 0.15) is 22.2 Å². The molecule has 0 bridgehead atoms. The highest BCUT2D eigenvalue weighted by atomic mass is 32.1. The van der Waals surface area contributed by atoms with Crippen molar-refractivity contribution in [3.05, 3.63) is 105 Å². The molecule has 1 N–H and O–H groups in total. The number of benzene rings is 2. The van der Waals surface area contributed by atoms with Crippen molar-refractivity contribution in [1.82, 2.24) is 9.55 Å². The minimum atomic E-state index is -0.400. The molecule has 4 aromatic rings. The van der Waals surface area contributed by atoms with E-state index in [0.29, 0.717) is 16.3 Å². The fourth-order valence-electron chi connectivity index (χ4n) is 3.16. The predicted molar refractivity (Wildman–Crippen MR) is 117 cm³/mol. The number of anilines is 1. The number of rotatable bonds is 6. The van der Waals surface area contributed by atoms with Crippen molar-refractivity contribution in [3.8, 4) is 11.3 Å². The van der Waals surface area contributed by atoms with E-state index in [9.17, 15) is 14.0 Å². The number of nitrogens with one attached hydrogen (secondary N) is 1. The van der Waals surface area contributed by atoms with E-state index in [0.717, 1.165) is 11.3 Å². The van der Waals surface area contributed by atoms with Gasteiger partial charge < -0.3 is 5.32 Å². The molecular formula is C23H18FN3O2S. The maximum Gasteiger partial charge on any atom is 0.274 e. The lowest BCUT2D eigenvalue weighted by atomic mass is 10.1. The Bertz CT molecular complexity index is 1250. The van der Waals surface area contributed by atoms with E-state index in [-0.39, 0.29) is 23.6 Å². The van der Waals surface area contributed by atoms with Gasteiger partial charge in [0.25, 0.3) is 5.56 Å². The van der Waals surface area contributed by atoms with E-state index in [1.54, 1.807) is 23.1 Å². The summed E-state index contributed by atoms with van der Waals surface area (Å²) in [6, 6.07) is 18.6. The molecule has 0 fully saturated rings. The van der Waals surface area contributed by atoms with Gasteiger partial charge >= 0.3 is 0 Å². The number of ketones is 1. The van der Waals surface area contributed by atoms with Gasteiger partial charge in [-0.2, -0.15) is 0 Å². The Morgan fingerprint density at radius 3 is 2.50 bits per heavy atom. The molecule has 0 atom stereocenters. The van der Waals surface area contributed by atoms with Gasteiger partial charge in [-0.3, -0.25) is 14.2 Å². The summed E-state index contributed by atoms with van der Waals surface area (Å²) in [5.41, 5.74) is 2.64. The van der Waals surface area contributed by atoms with Crippen molar-refractivity contribution in [2.75, 3.05) is 12.4 Å². The predicted octanol–water partition coefficient (Wildman–Crippen LogP) is 4.43. The van der Waals surface area contributed by atoms with Gasteiger partial charge in [-0.1, -0.05) is 30.3 Å². The van der Waals surface area contributed by atoms with Crippen LogP contribution in [-0.2, 0) is 6.54 Å². The zero-order valence-electron chi connectivity index (χ0n) is 16.1. The molecule has 2 aromatic heterocycles. The van der Waals surface area contributed by atoms with E-state index in [4.69, 9.17) is 0 Å². The summed E-state index contributed by atoms with van der Waals surface area (Å²) in [5, 5.41) is 5.21. The van der Waals surface area contributed by atoms with Crippen LogP contribution in [0.4, 0.5) is 10.1 Å². The number of nitrogens with zero attached hydrogens (tertiary/aromatic N) is 2. The number of carbonyl (C=O) groups is 1. The Hall–Kier alpha value is -3.58. The molecule has 2 heterocycles. The third-order valence-electron chi connectivity index (χ3n) is 4.70. The normalized spacial score (nSPS) is 10.7. The second-order valence-electron chi connectivity index (χ2n) is 6.60. The lowest BCUT2D eigenvalue weighted by molar-refractivity contribution is 0.103. The molecule has 5 nitrogen and oxygen atoms in total. The third-order valence-corrected chi connectivity index (χ3v) is 5.53. The summed E-state index contributed by atoms with van der Waals surface area (Å²) in [6.07, 6.45) is 0. The van der Waals surface area contributed by atoms with E-state index >= 15 is 0 Å². The average Bonchev–Trinajstić information content (AvgIpc) is 3.24. The van der Waals surface area contributed by atoms with Crippen molar-refractivity contribution in [3.63, 3.8) is 0 Å². The van der Waals surface area contributed by atoms with Crippen molar-refractivity contribution in [2.45, 2.75) is 6.54 Å². The van der Waals surface area contributed by atoms with Crippen LogP contribution in [0.25, 0.3) is 11.3 Å². The molecule has 0 saturated carbocycles. The highest BCUT2D eigenvalue weighted by molar-refractivity contribution is 7.09. The smallest absolute Gasteiger partial charge is 0.274 e. The van der Waals surface area contributed by atoms with Crippen LogP contribution in [0.3, 0.4) is 0 Å². The average molecular weight is 419 g/mol. The zero-order valence-corrected chi connectivity index (χ0v) is 16.9. The molecule has 0 radical (unpaired) electrons. The second kappa shape index (κ2) is 8.42. The Morgan fingerprint density at radius 2 is 1.80 bits per heavy atom. The SMILES string of the molecule is CNc1ccc(-c2ccccc2)n(Cc2nc(C(=O)c3ccc(F)cc3)cs2)c1=O. The molecule has 150 valence electrons. The molecule has 0 aliphatic carbocycles. The summed E-state index contributed by atoms with van der Waals surface area (Å²) in [6.45, 7) is 0.236. The van der Waals surface area contributed by atoms with Crippen LogP contribution in [0.15, 0.2) is 76.9 Å². The van der Waals surface area contributed by atoms with E-state index in [1.165, 1.54) is 35.6 Å². The van der Waals surface area contributed by atoms with Gasteiger partial charge in [-0.05, 0) is 42.0 Å². The first-order chi connectivity index (χ1) is 14.6. The van der Waals surface area contributed by atoms with Crippen LogP contribution in [-0.4, -0.2) is 22.4 Å². The van der Waals surface area contributed by atoms with Crippen LogP contribution in [0.2, 0.25) is 0 Å². The molecule has 0 aliphatic rings. The first-order valence-corrected chi connectivity index (χ1v) is 10.2. The van der Waals surface area contributed by atoms with Crippen molar-refractivity contribution < 1.29 is 9.18 Å². The van der Waals surface area contributed by atoms with Crippen LogP contribution < -0.4 is 10.9 Å². The Kier molecular flexibility index (Phi) is 5.54. The van der Waals surface area contributed by atoms with Gasteiger partial charge in [0.2, 0.25) is 5.78 Å².